The van der Waals surface area contributed by atoms with Gasteiger partial charge in [-0.25, -0.2) is 4.79 Å². The van der Waals surface area contributed by atoms with E-state index in [0.29, 0.717) is 24.5 Å². The molecule has 0 spiro atoms. The maximum absolute atomic E-state index is 12.6. The van der Waals surface area contributed by atoms with Crippen molar-refractivity contribution < 1.29 is 33.4 Å². The number of methoxy groups -OCH3 is 2. The van der Waals surface area contributed by atoms with Crippen LogP contribution < -0.4 is 10.1 Å². The molecule has 0 bridgehead atoms. The minimum Gasteiger partial charge on any atom is -0.495 e. The number of carbonyl (C=O) groups is 4. The number of imide groups is 1. The first-order valence-corrected chi connectivity index (χ1v) is 10.0. The Morgan fingerprint density at radius 3 is 2.47 bits per heavy atom. The second-order valence-electron chi connectivity index (χ2n) is 7.11. The first kappa shape index (κ1) is 23.0. The fourth-order valence-electron chi connectivity index (χ4n) is 3.25. The lowest BCUT2D eigenvalue weighted by Crippen LogP contribution is -2.31. The zero-order valence-electron chi connectivity index (χ0n) is 18.0. The molecule has 1 heterocycles. The highest BCUT2D eigenvalue weighted by Crippen LogP contribution is 2.25. The molecule has 0 aromatic heterocycles. The molecule has 0 unspecified atom stereocenters. The Balaban J connectivity index is 1.67. The molecule has 1 aliphatic heterocycles. The number of nitrogens with one attached hydrogen (secondary N) is 1. The van der Waals surface area contributed by atoms with Crippen molar-refractivity contribution in [3.05, 3.63) is 59.2 Å². The number of hydrogen-bond donors (Lipinski definition) is 1. The molecule has 2 aromatic rings. The van der Waals surface area contributed by atoms with Gasteiger partial charge in [0.05, 0.1) is 29.5 Å². The first-order valence-electron chi connectivity index (χ1n) is 10.0. The first-order chi connectivity index (χ1) is 15.4. The smallest absolute Gasteiger partial charge is 0.338 e. The molecule has 3 amide bonds. The molecule has 9 heteroatoms. The summed E-state index contributed by atoms with van der Waals surface area (Å²) in [6, 6.07) is 11.0. The maximum Gasteiger partial charge on any atom is 0.338 e. The fraction of sp³-hybridized carbons (Fsp3) is 0.304. The molecule has 9 nitrogen and oxygen atoms in total. The number of rotatable bonds is 9. The Morgan fingerprint density at radius 1 is 1.03 bits per heavy atom. The van der Waals surface area contributed by atoms with E-state index in [0.717, 1.165) is 4.90 Å². The van der Waals surface area contributed by atoms with Crippen molar-refractivity contribution >= 4 is 29.4 Å². The van der Waals surface area contributed by atoms with E-state index in [1.165, 1.54) is 39.3 Å². The third-order valence-corrected chi connectivity index (χ3v) is 4.95. The van der Waals surface area contributed by atoms with Crippen LogP contribution in [0, 0.1) is 0 Å². The van der Waals surface area contributed by atoms with Crippen LogP contribution in [0.15, 0.2) is 42.5 Å². The van der Waals surface area contributed by atoms with Gasteiger partial charge in [-0.1, -0.05) is 12.1 Å². The molecule has 3 rings (SSSR count). The highest BCUT2D eigenvalue weighted by Gasteiger charge is 2.36. The highest BCUT2D eigenvalue weighted by atomic mass is 16.5. The number of hydrogen-bond acceptors (Lipinski definition) is 7. The summed E-state index contributed by atoms with van der Waals surface area (Å²) in [4.78, 5) is 51.2. The second-order valence-corrected chi connectivity index (χ2v) is 7.11. The highest BCUT2D eigenvalue weighted by molar-refractivity contribution is 6.22. The van der Waals surface area contributed by atoms with Gasteiger partial charge in [0.25, 0.3) is 17.7 Å². The molecule has 1 N–H and O–H groups in total. The van der Waals surface area contributed by atoms with Crippen LogP contribution in [0.4, 0.5) is 5.69 Å². The standard InChI is InChI=1S/C23H24N2O7/c1-14(20(26)24-18-7-4-5-8-19(18)31-3)32-23(29)15-9-10-16-17(13-15)22(28)25(21(16)27)11-6-12-30-2/h4-5,7-10,13-14H,6,11-12H2,1-3H3,(H,24,26)/t14-/m1/s1. The number of esters is 1. The number of para-hydroxylation sites is 2. The monoisotopic (exact) mass is 440 g/mol. The maximum atomic E-state index is 12.6. The lowest BCUT2D eigenvalue weighted by molar-refractivity contribution is -0.123. The van der Waals surface area contributed by atoms with Crippen molar-refractivity contribution in [2.24, 2.45) is 0 Å². The van der Waals surface area contributed by atoms with E-state index in [1.54, 1.807) is 24.3 Å². The topological polar surface area (TPSA) is 111 Å². The Morgan fingerprint density at radius 2 is 1.75 bits per heavy atom. The predicted molar refractivity (Wildman–Crippen MR) is 115 cm³/mol. The van der Waals surface area contributed by atoms with E-state index < -0.39 is 29.8 Å². The largest absolute Gasteiger partial charge is 0.495 e. The Kier molecular flexibility index (Phi) is 7.21. The van der Waals surface area contributed by atoms with Crippen LogP contribution in [0.5, 0.6) is 5.75 Å². The quantitative estimate of drug-likeness (QED) is 0.362. The van der Waals surface area contributed by atoms with Crippen LogP contribution in [0.3, 0.4) is 0 Å². The van der Waals surface area contributed by atoms with Crippen LogP contribution in [0.1, 0.15) is 44.4 Å². The summed E-state index contributed by atoms with van der Waals surface area (Å²) in [6.45, 7) is 2.07. The van der Waals surface area contributed by atoms with Gasteiger partial charge < -0.3 is 19.5 Å². The molecule has 168 valence electrons. The molecular weight excluding hydrogens is 416 g/mol. The van der Waals surface area contributed by atoms with Gasteiger partial charge in [-0.05, 0) is 43.7 Å². The summed E-state index contributed by atoms with van der Waals surface area (Å²) in [5.41, 5.74) is 0.873. The molecule has 0 fully saturated rings. The number of anilines is 1. The summed E-state index contributed by atoms with van der Waals surface area (Å²) >= 11 is 0. The number of nitrogens with zero attached hydrogens (tertiary/aromatic N) is 1. The van der Waals surface area contributed by atoms with E-state index in [2.05, 4.69) is 5.32 Å². The summed E-state index contributed by atoms with van der Waals surface area (Å²) in [6.07, 6.45) is -0.598. The molecule has 0 saturated carbocycles. The van der Waals surface area contributed by atoms with E-state index in [-0.39, 0.29) is 23.2 Å². The van der Waals surface area contributed by atoms with Crippen LogP contribution in [-0.2, 0) is 14.3 Å². The Labute approximate surface area is 185 Å². The van der Waals surface area contributed by atoms with Crippen LogP contribution in [0.25, 0.3) is 0 Å². The minimum atomic E-state index is -1.11. The summed E-state index contributed by atoms with van der Waals surface area (Å²) in [5, 5.41) is 2.65. The second kappa shape index (κ2) is 10.1. The van der Waals surface area contributed by atoms with Gasteiger partial charge in [-0.3, -0.25) is 19.3 Å². The molecule has 0 aliphatic carbocycles. The lowest BCUT2D eigenvalue weighted by atomic mass is 10.1. The van der Waals surface area contributed by atoms with Crippen molar-refractivity contribution in [1.82, 2.24) is 4.90 Å². The minimum absolute atomic E-state index is 0.0700. The van der Waals surface area contributed by atoms with Crippen LogP contribution in [-0.4, -0.2) is 62.1 Å². The van der Waals surface area contributed by atoms with Crippen LogP contribution >= 0.6 is 0 Å². The molecule has 0 radical (unpaired) electrons. The predicted octanol–water partition coefficient (Wildman–Crippen LogP) is 2.51. The van der Waals surface area contributed by atoms with E-state index in [1.807, 2.05) is 0 Å². The number of ether oxygens (including phenoxy) is 3. The van der Waals surface area contributed by atoms with Gasteiger partial charge in [0, 0.05) is 20.3 Å². The third-order valence-electron chi connectivity index (χ3n) is 4.95. The fourth-order valence-corrected chi connectivity index (χ4v) is 3.25. The van der Waals surface area contributed by atoms with E-state index in [4.69, 9.17) is 14.2 Å². The van der Waals surface area contributed by atoms with Crippen molar-refractivity contribution in [3.63, 3.8) is 0 Å². The van der Waals surface area contributed by atoms with Crippen molar-refractivity contribution in [1.29, 1.82) is 0 Å². The summed E-state index contributed by atoms with van der Waals surface area (Å²) in [7, 11) is 3.02. The Hall–Kier alpha value is -3.72. The van der Waals surface area contributed by atoms with Crippen molar-refractivity contribution in [3.8, 4) is 5.75 Å². The summed E-state index contributed by atoms with van der Waals surface area (Å²) < 4.78 is 15.4. The van der Waals surface area contributed by atoms with Crippen molar-refractivity contribution in [2.45, 2.75) is 19.4 Å². The number of carbonyl (C=O) groups excluding carboxylic acids is 4. The van der Waals surface area contributed by atoms with Gasteiger partial charge in [-0.15, -0.1) is 0 Å². The van der Waals surface area contributed by atoms with E-state index >= 15 is 0 Å². The SMILES string of the molecule is COCCCN1C(=O)c2ccc(C(=O)O[C@H](C)C(=O)Nc3ccccc3OC)cc2C1=O. The molecule has 1 atom stereocenters. The Bertz CT molecular complexity index is 1050. The molecule has 1 aliphatic rings. The lowest BCUT2D eigenvalue weighted by Gasteiger charge is -2.15. The summed E-state index contributed by atoms with van der Waals surface area (Å²) in [5.74, 6) is -1.74. The average molecular weight is 440 g/mol. The number of benzene rings is 2. The van der Waals surface area contributed by atoms with Crippen LogP contribution in [0.2, 0.25) is 0 Å². The van der Waals surface area contributed by atoms with Gasteiger partial charge in [0.2, 0.25) is 0 Å². The van der Waals surface area contributed by atoms with Gasteiger partial charge >= 0.3 is 5.97 Å². The zero-order valence-corrected chi connectivity index (χ0v) is 18.0. The molecule has 32 heavy (non-hydrogen) atoms. The zero-order chi connectivity index (χ0) is 23.3. The van der Waals surface area contributed by atoms with Gasteiger partial charge in [-0.2, -0.15) is 0 Å². The number of fused-ring (bicyclic) bond motifs is 1. The number of amides is 3. The normalized spacial score (nSPS) is 13.5. The molecule has 0 saturated heterocycles. The average Bonchev–Trinajstić information content (AvgIpc) is 3.03. The van der Waals surface area contributed by atoms with Gasteiger partial charge in [0.1, 0.15) is 5.75 Å². The van der Waals surface area contributed by atoms with Gasteiger partial charge in [0.15, 0.2) is 6.10 Å². The third kappa shape index (κ3) is 4.78. The van der Waals surface area contributed by atoms with Crippen molar-refractivity contribution in [2.75, 3.05) is 32.7 Å². The molecule has 2 aromatic carbocycles. The molecular formula is C23H24N2O7. The van der Waals surface area contributed by atoms with E-state index in [9.17, 15) is 19.2 Å².